The van der Waals surface area contributed by atoms with Crippen LogP contribution in [0, 0.1) is 5.92 Å². The molecule has 3 heteroatoms. The van der Waals surface area contributed by atoms with Crippen molar-refractivity contribution >= 4 is 5.97 Å². The van der Waals surface area contributed by atoms with Gasteiger partial charge in [0, 0.05) is 12.2 Å². The Morgan fingerprint density at radius 2 is 1.86 bits per heavy atom. The van der Waals surface area contributed by atoms with Crippen molar-refractivity contribution in [3.05, 3.63) is 12.2 Å². The van der Waals surface area contributed by atoms with Crippen LogP contribution in [0.1, 0.15) is 27.7 Å². The minimum Gasteiger partial charge on any atom is -0.460 e. The minimum absolute atomic E-state index is 0.0549. The van der Waals surface area contributed by atoms with Crippen LogP contribution in [0.4, 0.5) is 0 Å². The van der Waals surface area contributed by atoms with Crippen molar-refractivity contribution in [3.8, 4) is 0 Å². The number of rotatable bonds is 6. The molecular formula is C11H20O3. The molecule has 0 radical (unpaired) electrons. The van der Waals surface area contributed by atoms with Crippen molar-refractivity contribution in [3.63, 3.8) is 0 Å². The van der Waals surface area contributed by atoms with E-state index in [4.69, 9.17) is 9.47 Å². The maximum Gasteiger partial charge on any atom is 0.333 e. The maximum absolute atomic E-state index is 11.0. The van der Waals surface area contributed by atoms with Gasteiger partial charge in [-0.05, 0) is 19.8 Å². The molecule has 0 saturated heterocycles. The Labute approximate surface area is 86.1 Å². The third-order valence-corrected chi connectivity index (χ3v) is 1.51. The Morgan fingerprint density at radius 3 is 2.29 bits per heavy atom. The first-order chi connectivity index (χ1) is 6.43. The predicted octanol–water partition coefficient (Wildman–Crippen LogP) is 2.17. The predicted molar refractivity (Wildman–Crippen MR) is 56.0 cm³/mol. The number of carbonyl (C=O) groups excluding carboxylic acids is 1. The van der Waals surface area contributed by atoms with E-state index >= 15 is 0 Å². The first-order valence-corrected chi connectivity index (χ1v) is 4.87. The Balaban J connectivity index is 3.58. The fraction of sp³-hybridized carbons (Fsp3) is 0.727. The van der Waals surface area contributed by atoms with Gasteiger partial charge in [0.05, 0.1) is 6.10 Å². The van der Waals surface area contributed by atoms with Gasteiger partial charge >= 0.3 is 5.97 Å². The fourth-order valence-corrected chi connectivity index (χ4v) is 0.721. The van der Waals surface area contributed by atoms with E-state index in [1.54, 1.807) is 6.92 Å². The fourth-order valence-electron chi connectivity index (χ4n) is 0.721. The zero-order valence-corrected chi connectivity index (χ0v) is 9.50. The smallest absolute Gasteiger partial charge is 0.333 e. The summed E-state index contributed by atoms with van der Waals surface area (Å²) in [5, 5.41) is 0. The van der Waals surface area contributed by atoms with Crippen molar-refractivity contribution in [1.82, 2.24) is 0 Å². The summed E-state index contributed by atoms with van der Waals surface area (Å²) in [6, 6.07) is 0. The van der Waals surface area contributed by atoms with Gasteiger partial charge in [0.25, 0.3) is 0 Å². The van der Waals surface area contributed by atoms with Gasteiger partial charge in [0.15, 0.2) is 0 Å². The van der Waals surface area contributed by atoms with Crippen LogP contribution in [0.25, 0.3) is 0 Å². The highest BCUT2D eigenvalue weighted by Gasteiger charge is 2.08. The number of esters is 1. The van der Waals surface area contributed by atoms with Crippen LogP contribution >= 0.6 is 0 Å². The average Bonchev–Trinajstić information content (AvgIpc) is 2.10. The van der Waals surface area contributed by atoms with E-state index in [1.165, 1.54) is 0 Å². The summed E-state index contributed by atoms with van der Waals surface area (Å²) in [7, 11) is 0. The number of ether oxygens (including phenoxy) is 2. The molecule has 14 heavy (non-hydrogen) atoms. The second-order valence-electron chi connectivity index (χ2n) is 3.92. The van der Waals surface area contributed by atoms with Crippen molar-refractivity contribution in [1.29, 1.82) is 0 Å². The molecule has 1 atom stereocenters. The third kappa shape index (κ3) is 6.66. The van der Waals surface area contributed by atoms with Gasteiger partial charge in [-0.15, -0.1) is 0 Å². The van der Waals surface area contributed by atoms with E-state index in [1.807, 2.05) is 6.92 Å². The molecule has 0 aliphatic heterocycles. The summed E-state index contributed by atoms with van der Waals surface area (Å²) in [5.74, 6) is 0.138. The molecule has 0 amide bonds. The summed E-state index contributed by atoms with van der Waals surface area (Å²) in [4.78, 5) is 11.0. The van der Waals surface area contributed by atoms with Gasteiger partial charge in [-0.25, -0.2) is 4.79 Å². The molecule has 0 aliphatic rings. The lowest BCUT2D eigenvalue weighted by Crippen LogP contribution is -2.21. The third-order valence-electron chi connectivity index (χ3n) is 1.51. The van der Waals surface area contributed by atoms with E-state index in [0.29, 0.717) is 24.7 Å². The molecule has 0 aromatic heterocycles. The second-order valence-corrected chi connectivity index (χ2v) is 3.92. The molecule has 0 heterocycles. The monoisotopic (exact) mass is 200 g/mol. The molecule has 0 bridgehead atoms. The summed E-state index contributed by atoms with van der Waals surface area (Å²) in [5.41, 5.74) is 0.418. The van der Waals surface area contributed by atoms with Crippen LogP contribution in [0.2, 0.25) is 0 Å². The van der Waals surface area contributed by atoms with Gasteiger partial charge < -0.3 is 9.47 Å². The van der Waals surface area contributed by atoms with Crippen molar-refractivity contribution in [2.45, 2.75) is 33.8 Å². The summed E-state index contributed by atoms with van der Waals surface area (Å²) >= 11 is 0. The molecule has 0 saturated carbocycles. The first kappa shape index (κ1) is 13.2. The van der Waals surface area contributed by atoms with Crippen LogP contribution in [-0.2, 0) is 14.3 Å². The van der Waals surface area contributed by atoms with Gasteiger partial charge in [0.1, 0.15) is 6.61 Å². The molecule has 0 rings (SSSR count). The normalized spacial score (nSPS) is 12.6. The highest BCUT2D eigenvalue weighted by molar-refractivity contribution is 5.86. The highest BCUT2D eigenvalue weighted by atomic mass is 16.6. The van der Waals surface area contributed by atoms with E-state index in [0.717, 1.165) is 0 Å². The van der Waals surface area contributed by atoms with Crippen molar-refractivity contribution < 1.29 is 14.3 Å². The highest BCUT2D eigenvalue weighted by Crippen LogP contribution is 2.00. The van der Waals surface area contributed by atoms with Crippen LogP contribution in [-0.4, -0.2) is 25.3 Å². The Bertz CT molecular complexity index is 197. The lowest BCUT2D eigenvalue weighted by molar-refractivity contribution is -0.143. The average molecular weight is 200 g/mol. The van der Waals surface area contributed by atoms with Gasteiger partial charge in [-0.3, -0.25) is 0 Å². The summed E-state index contributed by atoms with van der Waals surface area (Å²) in [6.07, 6.45) is -0.0549. The van der Waals surface area contributed by atoms with Crippen LogP contribution in [0.5, 0.6) is 0 Å². The number of carbonyl (C=O) groups is 1. The Hall–Kier alpha value is -0.830. The first-order valence-electron chi connectivity index (χ1n) is 4.87. The molecule has 82 valence electrons. The molecule has 0 aliphatic carbocycles. The molecule has 0 aromatic rings. The molecule has 3 nitrogen and oxygen atoms in total. The maximum atomic E-state index is 11.0. The molecule has 0 aromatic carbocycles. The molecular weight excluding hydrogens is 180 g/mol. The van der Waals surface area contributed by atoms with E-state index in [9.17, 15) is 4.79 Å². The topological polar surface area (TPSA) is 35.5 Å². The molecule has 0 spiro atoms. The van der Waals surface area contributed by atoms with E-state index in [-0.39, 0.29) is 12.1 Å². The van der Waals surface area contributed by atoms with Crippen LogP contribution < -0.4 is 0 Å². The molecule has 0 fully saturated rings. The van der Waals surface area contributed by atoms with Crippen molar-refractivity contribution in [2.75, 3.05) is 13.2 Å². The van der Waals surface area contributed by atoms with Crippen LogP contribution in [0.15, 0.2) is 12.2 Å². The zero-order chi connectivity index (χ0) is 11.1. The van der Waals surface area contributed by atoms with Crippen molar-refractivity contribution in [2.24, 2.45) is 5.92 Å². The van der Waals surface area contributed by atoms with Gasteiger partial charge in [0.2, 0.25) is 0 Å². The standard InChI is InChI=1S/C11H20O3/c1-8(2)6-13-10(5)7-14-11(12)9(3)4/h8,10H,3,6-7H2,1-2,4-5H3. The second kappa shape index (κ2) is 6.60. The van der Waals surface area contributed by atoms with Gasteiger partial charge in [-0.1, -0.05) is 20.4 Å². The zero-order valence-electron chi connectivity index (χ0n) is 9.50. The molecule has 1 unspecified atom stereocenters. The van der Waals surface area contributed by atoms with Crippen LogP contribution in [0.3, 0.4) is 0 Å². The lowest BCUT2D eigenvalue weighted by Gasteiger charge is -2.14. The van der Waals surface area contributed by atoms with E-state index in [2.05, 4.69) is 20.4 Å². The van der Waals surface area contributed by atoms with Gasteiger partial charge in [-0.2, -0.15) is 0 Å². The largest absolute Gasteiger partial charge is 0.460 e. The number of hydrogen-bond donors (Lipinski definition) is 0. The van der Waals surface area contributed by atoms with E-state index < -0.39 is 0 Å². The Morgan fingerprint density at radius 1 is 1.29 bits per heavy atom. The summed E-state index contributed by atoms with van der Waals surface area (Å²) in [6.45, 7) is 12.1. The lowest BCUT2D eigenvalue weighted by atomic mass is 10.2. The number of hydrogen-bond acceptors (Lipinski definition) is 3. The SMILES string of the molecule is C=C(C)C(=O)OCC(C)OCC(C)C. The summed E-state index contributed by atoms with van der Waals surface area (Å²) < 4.78 is 10.4. The minimum atomic E-state index is -0.356. The quantitative estimate of drug-likeness (QED) is 0.487. The molecule has 0 N–H and O–H groups in total. The Kier molecular flexibility index (Phi) is 6.21.